The molecule has 6 nitrogen and oxygen atoms in total. The van der Waals surface area contributed by atoms with Gasteiger partial charge in [-0.2, -0.15) is 5.10 Å². The minimum Gasteiger partial charge on any atom is -0.372 e. The molecule has 2 unspecified atom stereocenters. The first-order valence-corrected chi connectivity index (χ1v) is 10.8. The fourth-order valence-corrected chi connectivity index (χ4v) is 4.56. The normalized spacial score (nSPS) is 19.1. The van der Waals surface area contributed by atoms with Crippen molar-refractivity contribution < 1.29 is 18.3 Å². The predicted molar refractivity (Wildman–Crippen MR) is 115 cm³/mol. The summed E-state index contributed by atoms with van der Waals surface area (Å²) in [7, 11) is 1.80. The molecular weight excluding hydrogens is 422 g/mol. The Kier molecular flexibility index (Phi) is 6.24. The number of aromatic nitrogens is 3. The number of amides is 1. The Balaban J connectivity index is 1.54. The van der Waals surface area contributed by atoms with E-state index in [1.54, 1.807) is 17.9 Å². The second-order valence-corrected chi connectivity index (χ2v) is 8.24. The van der Waals surface area contributed by atoms with E-state index in [-0.39, 0.29) is 22.4 Å². The number of carbonyl (C=O) groups is 1. The highest BCUT2D eigenvalue weighted by molar-refractivity contribution is 7.13. The van der Waals surface area contributed by atoms with Crippen LogP contribution >= 0.6 is 11.3 Å². The summed E-state index contributed by atoms with van der Waals surface area (Å²) in [6.07, 6.45) is 5.95. The van der Waals surface area contributed by atoms with Crippen LogP contribution in [0.5, 0.6) is 0 Å². The van der Waals surface area contributed by atoms with Crippen molar-refractivity contribution >= 4 is 22.9 Å². The lowest BCUT2D eigenvalue weighted by molar-refractivity contribution is 0.0526. The van der Waals surface area contributed by atoms with Crippen molar-refractivity contribution in [3.8, 4) is 10.6 Å². The molecule has 1 amide bonds. The van der Waals surface area contributed by atoms with Gasteiger partial charge in [-0.05, 0) is 37.3 Å². The van der Waals surface area contributed by atoms with Crippen LogP contribution in [-0.2, 0) is 11.8 Å². The molecule has 1 aliphatic heterocycles. The van der Waals surface area contributed by atoms with Gasteiger partial charge in [0.25, 0.3) is 5.91 Å². The topological polar surface area (TPSA) is 69.0 Å². The maximum absolute atomic E-state index is 14.0. The molecule has 9 heteroatoms. The Morgan fingerprint density at radius 1 is 1.32 bits per heavy atom. The summed E-state index contributed by atoms with van der Waals surface area (Å²) in [5, 5.41) is 8.67. The van der Waals surface area contributed by atoms with Crippen molar-refractivity contribution in [3.05, 3.63) is 65.5 Å². The minimum atomic E-state index is -0.723. The number of aryl methyl sites for hydroxylation is 1. The van der Waals surface area contributed by atoms with Gasteiger partial charge in [-0.3, -0.25) is 9.48 Å². The van der Waals surface area contributed by atoms with Gasteiger partial charge in [-0.15, -0.1) is 17.9 Å². The van der Waals surface area contributed by atoms with Gasteiger partial charge in [-0.1, -0.05) is 12.1 Å². The van der Waals surface area contributed by atoms with Crippen LogP contribution in [0.1, 0.15) is 41.5 Å². The molecule has 3 heterocycles. The standard InChI is InChI=1S/C22H22F2N4O2S/c1-3-13-7-8-18(30-10-9-13)20-16(11-25-28(20)2)26-21(29)17-12-31-22(27-17)19-14(23)5-4-6-15(19)24/h3-6,11-13,18H,1,7-10H2,2H3,(H,26,29). The van der Waals surface area contributed by atoms with Crippen molar-refractivity contribution in [2.24, 2.45) is 13.0 Å². The smallest absolute Gasteiger partial charge is 0.275 e. The number of hydrogen-bond donors (Lipinski definition) is 1. The van der Waals surface area contributed by atoms with Gasteiger partial charge in [-0.25, -0.2) is 13.8 Å². The number of allylic oxidation sites excluding steroid dienone is 1. The average molecular weight is 445 g/mol. The molecule has 2 atom stereocenters. The number of thiazole rings is 1. The van der Waals surface area contributed by atoms with E-state index in [9.17, 15) is 13.6 Å². The molecule has 1 aromatic carbocycles. The van der Waals surface area contributed by atoms with Crippen LogP contribution in [-0.4, -0.2) is 27.3 Å². The second-order valence-electron chi connectivity index (χ2n) is 7.38. The van der Waals surface area contributed by atoms with E-state index in [4.69, 9.17) is 4.74 Å². The fourth-order valence-electron chi connectivity index (χ4n) is 3.71. The molecule has 1 saturated heterocycles. The molecule has 1 aliphatic rings. The monoisotopic (exact) mass is 444 g/mol. The highest BCUT2D eigenvalue weighted by atomic mass is 32.1. The van der Waals surface area contributed by atoms with Gasteiger partial charge in [0.05, 0.1) is 23.1 Å². The zero-order valence-corrected chi connectivity index (χ0v) is 17.8. The van der Waals surface area contributed by atoms with E-state index in [2.05, 4.69) is 22.0 Å². The third-order valence-corrected chi connectivity index (χ3v) is 6.25. The molecule has 2 aromatic heterocycles. The molecule has 4 rings (SSSR count). The molecule has 0 aliphatic carbocycles. The SMILES string of the molecule is C=CC1CCOC(c2c(NC(=O)c3csc(-c4c(F)cccc4F)n3)cnn2C)CC1. The molecule has 162 valence electrons. The van der Waals surface area contributed by atoms with E-state index < -0.39 is 17.5 Å². The molecule has 0 radical (unpaired) electrons. The van der Waals surface area contributed by atoms with Crippen molar-refractivity contribution in [2.75, 3.05) is 11.9 Å². The number of rotatable bonds is 5. The van der Waals surface area contributed by atoms with Gasteiger partial charge in [0, 0.05) is 19.0 Å². The van der Waals surface area contributed by atoms with E-state index in [0.717, 1.165) is 48.4 Å². The Bertz CT molecular complexity index is 1090. The summed E-state index contributed by atoms with van der Waals surface area (Å²) in [6.45, 7) is 4.47. The number of nitrogens with one attached hydrogen (secondary N) is 1. The molecular formula is C22H22F2N4O2S. The fraction of sp³-hybridized carbons (Fsp3) is 0.318. The van der Waals surface area contributed by atoms with Gasteiger partial charge >= 0.3 is 0 Å². The lowest BCUT2D eigenvalue weighted by Crippen LogP contribution is -2.16. The van der Waals surface area contributed by atoms with Crippen LogP contribution < -0.4 is 5.32 Å². The Hall–Kier alpha value is -2.91. The van der Waals surface area contributed by atoms with E-state index >= 15 is 0 Å². The van der Waals surface area contributed by atoms with Crippen molar-refractivity contribution in [1.29, 1.82) is 0 Å². The quantitative estimate of drug-likeness (QED) is 0.555. The first-order valence-electron chi connectivity index (χ1n) is 9.95. The number of benzene rings is 1. The van der Waals surface area contributed by atoms with Gasteiger partial charge in [0.1, 0.15) is 28.4 Å². The van der Waals surface area contributed by atoms with Crippen LogP contribution in [0.2, 0.25) is 0 Å². The number of nitrogens with zero attached hydrogens (tertiary/aromatic N) is 3. The van der Waals surface area contributed by atoms with Gasteiger partial charge < -0.3 is 10.1 Å². The highest BCUT2D eigenvalue weighted by Crippen LogP contribution is 2.34. The molecule has 1 N–H and O–H groups in total. The number of hydrogen-bond acceptors (Lipinski definition) is 5. The lowest BCUT2D eigenvalue weighted by Gasteiger charge is -2.17. The molecule has 3 aromatic rings. The van der Waals surface area contributed by atoms with Crippen LogP contribution in [0, 0.1) is 17.6 Å². The van der Waals surface area contributed by atoms with E-state index in [1.165, 1.54) is 11.4 Å². The lowest BCUT2D eigenvalue weighted by atomic mass is 9.98. The largest absolute Gasteiger partial charge is 0.372 e. The van der Waals surface area contributed by atoms with Crippen molar-refractivity contribution in [2.45, 2.75) is 25.4 Å². The molecule has 31 heavy (non-hydrogen) atoms. The van der Waals surface area contributed by atoms with Crippen molar-refractivity contribution in [1.82, 2.24) is 14.8 Å². The number of carbonyl (C=O) groups excluding carboxylic acids is 1. The van der Waals surface area contributed by atoms with E-state index in [0.29, 0.717) is 18.2 Å². The third kappa shape index (κ3) is 4.42. The number of anilines is 1. The van der Waals surface area contributed by atoms with Crippen LogP contribution in [0.25, 0.3) is 10.6 Å². The number of halogens is 2. The minimum absolute atomic E-state index is 0.0750. The Morgan fingerprint density at radius 3 is 2.84 bits per heavy atom. The van der Waals surface area contributed by atoms with Crippen LogP contribution in [0.4, 0.5) is 14.5 Å². The average Bonchev–Trinajstić information content (AvgIpc) is 3.29. The van der Waals surface area contributed by atoms with Crippen LogP contribution in [0.3, 0.4) is 0 Å². The Morgan fingerprint density at radius 2 is 2.10 bits per heavy atom. The summed E-state index contributed by atoms with van der Waals surface area (Å²) in [6, 6.07) is 3.60. The van der Waals surface area contributed by atoms with Crippen molar-refractivity contribution in [3.63, 3.8) is 0 Å². The molecule has 0 saturated carbocycles. The maximum Gasteiger partial charge on any atom is 0.275 e. The predicted octanol–water partition coefficient (Wildman–Crippen LogP) is 5.12. The summed E-state index contributed by atoms with van der Waals surface area (Å²) < 4.78 is 35.8. The zero-order chi connectivity index (χ0) is 22.0. The summed E-state index contributed by atoms with van der Waals surface area (Å²) in [5.74, 6) is -1.52. The molecule has 1 fully saturated rings. The highest BCUT2D eigenvalue weighted by Gasteiger charge is 2.26. The van der Waals surface area contributed by atoms with E-state index in [1.807, 2.05) is 6.08 Å². The maximum atomic E-state index is 14.0. The first kappa shape index (κ1) is 21.3. The molecule has 0 spiro atoms. The zero-order valence-electron chi connectivity index (χ0n) is 17.0. The first-order chi connectivity index (χ1) is 15.0. The van der Waals surface area contributed by atoms with Gasteiger partial charge in [0.2, 0.25) is 0 Å². The third-order valence-electron chi connectivity index (χ3n) is 5.39. The van der Waals surface area contributed by atoms with Gasteiger partial charge in [0.15, 0.2) is 0 Å². The van der Waals surface area contributed by atoms with Crippen LogP contribution in [0.15, 0.2) is 42.4 Å². The summed E-state index contributed by atoms with van der Waals surface area (Å²) in [4.78, 5) is 16.9. The summed E-state index contributed by atoms with van der Waals surface area (Å²) in [5.41, 5.74) is 1.14. The summed E-state index contributed by atoms with van der Waals surface area (Å²) >= 11 is 1.01. The second kappa shape index (κ2) is 9.07. The Labute approximate surface area is 182 Å². The number of ether oxygens (including phenoxy) is 1. The molecule has 0 bridgehead atoms.